The zero-order valence-electron chi connectivity index (χ0n) is 15.7. The minimum atomic E-state index is -1.59. The Balaban J connectivity index is 1.65. The summed E-state index contributed by atoms with van der Waals surface area (Å²) < 4.78 is 42.6. The summed E-state index contributed by atoms with van der Waals surface area (Å²) in [5.74, 6) is -4.77. The van der Waals surface area contributed by atoms with Gasteiger partial charge in [-0.2, -0.15) is 5.10 Å². The maximum atomic E-state index is 13.5. The third-order valence-electron chi connectivity index (χ3n) is 5.03. The van der Waals surface area contributed by atoms with E-state index in [2.05, 4.69) is 10.1 Å². The summed E-state index contributed by atoms with van der Waals surface area (Å²) in [4.78, 5) is 41.0. The summed E-state index contributed by atoms with van der Waals surface area (Å²) in [6.45, 7) is 2.10. The lowest BCUT2D eigenvalue weighted by Crippen LogP contribution is -2.46. The minimum absolute atomic E-state index is 0.00127. The number of halogens is 3. The Morgan fingerprint density at radius 3 is 2.60 bits per heavy atom. The number of fused-ring (bicyclic) bond motifs is 1. The van der Waals surface area contributed by atoms with Crippen LogP contribution in [0.5, 0.6) is 0 Å². The lowest BCUT2D eigenvalue weighted by atomic mass is 10.1. The number of hydrogen-bond acceptors (Lipinski definition) is 4. The second kappa shape index (κ2) is 7.32. The van der Waals surface area contributed by atoms with Gasteiger partial charge in [-0.3, -0.25) is 14.3 Å². The highest BCUT2D eigenvalue weighted by Crippen LogP contribution is 2.23. The van der Waals surface area contributed by atoms with Crippen molar-refractivity contribution in [3.05, 3.63) is 80.1 Å². The molecule has 3 aromatic rings. The predicted molar refractivity (Wildman–Crippen MR) is 98.5 cm³/mol. The molecule has 1 amide bonds. The zero-order chi connectivity index (χ0) is 21.6. The number of aromatic nitrogens is 4. The fourth-order valence-electron chi connectivity index (χ4n) is 3.55. The molecule has 0 saturated carbocycles. The molecule has 1 aliphatic rings. The second-order valence-electron chi connectivity index (χ2n) is 7.04. The molecule has 0 unspecified atom stereocenters. The normalized spacial score (nSPS) is 15.9. The highest BCUT2D eigenvalue weighted by Gasteiger charge is 2.30. The number of nitrogens with zero attached hydrogens (tertiary/aromatic N) is 4. The topological polar surface area (TPSA) is 93.0 Å². The molecular formula is C19H16F3N5O3. The number of nitrogens with one attached hydrogen (secondary N) is 1. The van der Waals surface area contributed by atoms with Crippen LogP contribution >= 0.6 is 0 Å². The van der Waals surface area contributed by atoms with Gasteiger partial charge in [-0.05, 0) is 24.6 Å². The molecule has 2 aromatic heterocycles. The molecule has 0 spiro atoms. The molecule has 0 saturated heterocycles. The molecule has 0 bridgehead atoms. The van der Waals surface area contributed by atoms with Gasteiger partial charge in [0.05, 0.1) is 37.1 Å². The van der Waals surface area contributed by atoms with E-state index in [0.717, 1.165) is 16.7 Å². The molecule has 0 aliphatic carbocycles. The summed E-state index contributed by atoms with van der Waals surface area (Å²) >= 11 is 0. The van der Waals surface area contributed by atoms with E-state index in [1.54, 1.807) is 11.6 Å². The van der Waals surface area contributed by atoms with Gasteiger partial charge >= 0.3 is 5.69 Å². The van der Waals surface area contributed by atoms with Gasteiger partial charge in [0.1, 0.15) is 0 Å². The summed E-state index contributed by atoms with van der Waals surface area (Å²) in [5.41, 5.74) is -0.490. The van der Waals surface area contributed by atoms with E-state index < -0.39 is 34.6 Å². The smallest absolute Gasteiger partial charge is 0.332 e. The van der Waals surface area contributed by atoms with Crippen LogP contribution < -0.4 is 11.2 Å². The lowest BCUT2D eigenvalue weighted by molar-refractivity contribution is -0.134. The van der Waals surface area contributed by atoms with E-state index >= 15 is 0 Å². The molecule has 8 nitrogen and oxygen atoms in total. The van der Waals surface area contributed by atoms with Crippen LogP contribution in [-0.4, -0.2) is 36.2 Å². The molecule has 156 valence electrons. The summed E-state index contributed by atoms with van der Waals surface area (Å²) in [6.07, 6.45) is 2.27. The largest absolute Gasteiger partial charge is 0.333 e. The molecule has 30 heavy (non-hydrogen) atoms. The van der Waals surface area contributed by atoms with Crippen molar-refractivity contribution in [1.29, 1.82) is 0 Å². The second-order valence-corrected chi connectivity index (χ2v) is 7.04. The molecule has 1 aliphatic heterocycles. The first-order chi connectivity index (χ1) is 14.3. The highest BCUT2D eigenvalue weighted by molar-refractivity contribution is 5.79. The third-order valence-corrected chi connectivity index (χ3v) is 5.03. The van der Waals surface area contributed by atoms with Gasteiger partial charge in [0.25, 0.3) is 5.56 Å². The van der Waals surface area contributed by atoms with Crippen LogP contribution in [-0.2, 0) is 24.3 Å². The molecule has 1 atom stereocenters. The SMILES string of the molecule is C[C@H]1Cn2ncc(-n3c(=O)cc[nH]c3=O)c2CN1C(=O)Cc1cc(F)c(F)c(F)c1. The molecule has 3 heterocycles. The van der Waals surface area contributed by atoms with Crippen molar-refractivity contribution in [1.82, 2.24) is 24.2 Å². The maximum absolute atomic E-state index is 13.5. The van der Waals surface area contributed by atoms with Crippen molar-refractivity contribution in [2.24, 2.45) is 0 Å². The van der Waals surface area contributed by atoms with Gasteiger partial charge in [0.2, 0.25) is 5.91 Å². The number of benzene rings is 1. The molecule has 4 rings (SSSR count). The summed E-state index contributed by atoms with van der Waals surface area (Å²) in [5, 5.41) is 4.20. The monoisotopic (exact) mass is 419 g/mol. The van der Waals surface area contributed by atoms with Crippen LogP contribution in [0.25, 0.3) is 5.69 Å². The Labute approximate surface area is 167 Å². The van der Waals surface area contributed by atoms with Gasteiger partial charge < -0.3 is 9.88 Å². The quantitative estimate of drug-likeness (QED) is 0.644. The van der Waals surface area contributed by atoms with Crippen LogP contribution in [0.3, 0.4) is 0 Å². The van der Waals surface area contributed by atoms with E-state index in [1.807, 2.05) is 0 Å². The van der Waals surface area contributed by atoms with Crippen molar-refractivity contribution in [2.45, 2.75) is 32.5 Å². The van der Waals surface area contributed by atoms with Crippen molar-refractivity contribution >= 4 is 5.91 Å². The first-order valence-electron chi connectivity index (χ1n) is 9.05. The molecule has 1 N–H and O–H groups in total. The predicted octanol–water partition coefficient (Wildman–Crippen LogP) is 1.11. The van der Waals surface area contributed by atoms with E-state index in [9.17, 15) is 27.6 Å². The molecular weight excluding hydrogens is 403 g/mol. The van der Waals surface area contributed by atoms with Crippen LogP contribution in [0.2, 0.25) is 0 Å². The average molecular weight is 419 g/mol. The van der Waals surface area contributed by atoms with Gasteiger partial charge in [0.15, 0.2) is 17.5 Å². The molecule has 11 heteroatoms. The van der Waals surface area contributed by atoms with Gasteiger partial charge in [-0.25, -0.2) is 22.5 Å². The highest BCUT2D eigenvalue weighted by atomic mass is 19.2. The first kappa shape index (κ1) is 19.7. The summed E-state index contributed by atoms with van der Waals surface area (Å²) in [7, 11) is 0. The van der Waals surface area contributed by atoms with E-state index in [0.29, 0.717) is 12.2 Å². The number of aromatic amines is 1. The third kappa shape index (κ3) is 3.31. The Morgan fingerprint density at radius 2 is 1.93 bits per heavy atom. The van der Waals surface area contributed by atoms with Crippen LogP contribution in [0.15, 0.2) is 40.2 Å². The Bertz CT molecular complexity index is 1210. The maximum Gasteiger partial charge on any atom is 0.333 e. The Kier molecular flexibility index (Phi) is 4.80. The molecule has 0 fully saturated rings. The first-order valence-corrected chi connectivity index (χ1v) is 9.05. The van der Waals surface area contributed by atoms with E-state index in [4.69, 9.17) is 0 Å². The summed E-state index contributed by atoms with van der Waals surface area (Å²) in [6, 6.07) is 2.45. The minimum Gasteiger partial charge on any atom is -0.332 e. The van der Waals surface area contributed by atoms with Crippen LogP contribution in [0.4, 0.5) is 13.2 Å². The number of carbonyl (C=O) groups is 1. The standard InChI is InChI=1S/C19H16F3N5O3/c1-10-8-26-15(14(7-24-26)27-16(28)2-3-23-19(27)30)9-25(10)17(29)6-11-4-12(20)18(22)13(21)5-11/h2-5,7,10H,6,8-9H2,1H3,(H,23,30)/t10-/m0/s1. The number of amides is 1. The Hall–Kier alpha value is -3.63. The van der Waals surface area contributed by atoms with Gasteiger partial charge in [0, 0.05) is 18.3 Å². The van der Waals surface area contributed by atoms with Crippen LogP contribution in [0.1, 0.15) is 18.2 Å². The number of carbonyl (C=O) groups excluding carboxylic acids is 1. The van der Waals surface area contributed by atoms with Gasteiger partial charge in [-0.1, -0.05) is 0 Å². The lowest BCUT2D eigenvalue weighted by Gasteiger charge is -2.34. The van der Waals surface area contributed by atoms with Crippen molar-refractivity contribution in [3.63, 3.8) is 0 Å². The van der Waals surface area contributed by atoms with E-state index in [1.165, 1.54) is 23.4 Å². The number of rotatable bonds is 3. The number of hydrogen-bond donors (Lipinski definition) is 1. The Morgan fingerprint density at radius 1 is 1.23 bits per heavy atom. The zero-order valence-corrected chi connectivity index (χ0v) is 15.7. The van der Waals surface area contributed by atoms with Crippen molar-refractivity contribution in [2.75, 3.05) is 0 Å². The van der Waals surface area contributed by atoms with Gasteiger partial charge in [-0.15, -0.1) is 0 Å². The van der Waals surface area contributed by atoms with Crippen molar-refractivity contribution < 1.29 is 18.0 Å². The molecule has 0 radical (unpaired) electrons. The fraction of sp³-hybridized carbons (Fsp3) is 0.263. The van der Waals surface area contributed by atoms with Crippen LogP contribution in [0, 0.1) is 17.5 Å². The van der Waals surface area contributed by atoms with Crippen molar-refractivity contribution in [3.8, 4) is 5.69 Å². The fourth-order valence-corrected chi connectivity index (χ4v) is 3.55. The average Bonchev–Trinajstić information content (AvgIpc) is 3.07. The number of H-pyrrole nitrogens is 1. The molecule has 1 aromatic carbocycles. The van der Waals surface area contributed by atoms with E-state index in [-0.39, 0.29) is 30.3 Å².